The fourth-order valence-electron chi connectivity index (χ4n) is 4.01. The Kier molecular flexibility index (Phi) is 5.41. The zero-order chi connectivity index (χ0) is 20.5. The van der Waals surface area contributed by atoms with E-state index in [0.717, 1.165) is 29.4 Å². The molecule has 150 valence electrons. The summed E-state index contributed by atoms with van der Waals surface area (Å²) in [5, 5.41) is 5.58. The molecule has 1 atom stereocenters. The first-order chi connectivity index (χ1) is 13.9. The first-order valence-corrected chi connectivity index (χ1v) is 10.5. The maximum Gasteiger partial charge on any atom is 0.229 e. The molecule has 1 unspecified atom stereocenters. The standard InChI is InChI=1S/C22H22BrN3O3/c1-13(27)24-19-8-6-17(23)11-20(19)25-22(29)16-10-21(28)26(12-16)18-7-5-14-3-2-4-15(14)9-18/h5-9,11,16H,2-4,10,12H2,1H3,(H,24,27)(H,25,29). The monoisotopic (exact) mass is 455 g/mol. The number of amides is 3. The molecule has 1 saturated heterocycles. The molecule has 6 nitrogen and oxygen atoms in total. The summed E-state index contributed by atoms with van der Waals surface area (Å²) in [6.45, 7) is 1.77. The number of aryl methyl sites for hydroxylation is 2. The number of nitrogens with zero attached hydrogens (tertiary/aromatic N) is 1. The van der Waals surface area contributed by atoms with Crippen molar-refractivity contribution in [1.29, 1.82) is 0 Å². The average molecular weight is 456 g/mol. The van der Waals surface area contributed by atoms with E-state index in [0.29, 0.717) is 17.9 Å². The number of hydrogen-bond donors (Lipinski definition) is 2. The van der Waals surface area contributed by atoms with Crippen molar-refractivity contribution in [3.05, 3.63) is 52.0 Å². The number of fused-ring (bicyclic) bond motifs is 1. The molecule has 0 spiro atoms. The van der Waals surface area contributed by atoms with Crippen molar-refractivity contribution in [2.24, 2.45) is 5.92 Å². The number of hydrogen-bond acceptors (Lipinski definition) is 3. The van der Waals surface area contributed by atoms with E-state index in [1.165, 1.54) is 18.1 Å². The SMILES string of the molecule is CC(=O)Nc1ccc(Br)cc1NC(=O)C1CC(=O)N(c2ccc3c(c2)CCC3)C1. The summed E-state index contributed by atoms with van der Waals surface area (Å²) in [6.07, 6.45) is 3.47. The van der Waals surface area contributed by atoms with Gasteiger partial charge in [0.1, 0.15) is 0 Å². The van der Waals surface area contributed by atoms with Crippen LogP contribution in [0.1, 0.15) is 30.9 Å². The molecule has 7 heteroatoms. The highest BCUT2D eigenvalue weighted by Gasteiger charge is 2.35. The van der Waals surface area contributed by atoms with Gasteiger partial charge in [0.15, 0.2) is 0 Å². The molecule has 2 aromatic rings. The van der Waals surface area contributed by atoms with Gasteiger partial charge in [-0.1, -0.05) is 22.0 Å². The van der Waals surface area contributed by atoms with Crippen molar-refractivity contribution in [3.63, 3.8) is 0 Å². The van der Waals surface area contributed by atoms with Gasteiger partial charge in [-0.2, -0.15) is 0 Å². The van der Waals surface area contributed by atoms with Crippen molar-refractivity contribution >= 4 is 50.7 Å². The maximum absolute atomic E-state index is 12.9. The smallest absolute Gasteiger partial charge is 0.229 e. The van der Waals surface area contributed by atoms with Crippen molar-refractivity contribution in [1.82, 2.24) is 0 Å². The Morgan fingerprint density at radius 1 is 1.03 bits per heavy atom. The summed E-state index contributed by atoms with van der Waals surface area (Å²) in [5.41, 5.74) is 4.55. The molecular formula is C22H22BrN3O3. The molecule has 2 aromatic carbocycles. The van der Waals surface area contributed by atoms with Gasteiger partial charge in [-0.05, 0) is 60.7 Å². The van der Waals surface area contributed by atoms with E-state index in [2.05, 4.69) is 38.7 Å². The Morgan fingerprint density at radius 3 is 2.62 bits per heavy atom. The van der Waals surface area contributed by atoms with E-state index in [1.54, 1.807) is 23.1 Å². The van der Waals surface area contributed by atoms with Crippen molar-refractivity contribution in [2.75, 3.05) is 22.1 Å². The van der Waals surface area contributed by atoms with E-state index < -0.39 is 5.92 Å². The topological polar surface area (TPSA) is 78.5 Å². The second kappa shape index (κ2) is 7.99. The van der Waals surface area contributed by atoms with Crippen LogP contribution in [0.4, 0.5) is 17.1 Å². The van der Waals surface area contributed by atoms with Gasteiger partial charge in [0.2, 0.25) is 17.7 Å². The van der Waals surface area contributed by atoms with Crippen LogP contribution in [-0.4, -0.2) is 24.3 Å². The molecule has 0 saturated carbocycles. The Balaban J connectivity index is 1.49. The van der Waals surface area contributed by atoms with Crippen molar-refractivity contribution in [3.8, 4) is 0 Å². The summed E-state index contributed by atoms with van der Waals surface area (Å²) < 4.78 is 0.782. The number of nitrogens with one attached hydrogen (secondary N) is 2. The number of carbonyl (C=O) groups is 3. The van der Waals surface area contributed by atoms with Crippen LogP contribution in [0.5, 0.6) is 0 Å². The van der Waals surface area contributed by atoms with Gasteiger partial charge in [0, 0.05) is 30.0 Å². The van der Waals surface area contributed by atoms with Gasteiger partial charge in [0.05, 0.1) is 17.3 Å². The summed E-state index contributed by atoms with van der Waals surface area (Å²) in [4.78, 5) is 38.6. The molecule has 0 bridgehead atoms. The summed E-state index contributed by atoms with van der Waals surface area (Å²) in [5.74, 6) is -0.937. The first kappa shape index (κ1) is 19.6. The normalized spacial score (nSPS) is 17.9. The number of carbonyl (C=O) groups excluding carboxylic acids is 3. The Bertz CT molecular complexity index is 1000. The fraction of sp³-hybridized carbons (Fsp3) is 0.318. The second-order valence-corrected chi connectivity index (χ2v) is 8.49. The predicted molar refractivity (Wildman–Crippen MR) is 116 cm³/mol. The molecule has 0 radical (unpaired) electrons. The third-order valence-corrected chi connectivity index (χ3v) is 5.93. The lowest BCUT2D eigenvalue weighted by molar-refractivity contribution is -0.122. The van der Waals surface area contributed by atoms with E-state index in [4.69, 9.17) is 0 Å². The molecule has 1 aliphatic carbocycles. The van der Waals surface area contributed by atoms with Crippen LogP contribution < -0.4 is 15.5 Å². The van der Waals surface area contributed by atoms with Crippen molar-refractivity contribution in [2.45, 2.75) is 32.6 Å². The second-order valence-electron chi connectivity index (χ2n) is 7.57. The maximum atomic E-state index is 12.9. The number of rotatable bonds is 4. The Hall–Kier alpha value is -2.67. The highest BCUT2D eigenvalue weighted by molar-refractivity contribution is 9.10. The van der Waals surface area contributed by atoms with E-state index >= 15 is 0 Å². The molecular weight excluding hydrogens is 434 g/mol. The van der Waals surface area contributed by atoms with Crippen LogP contribution in [-0.2, 0) is 27.2 Å². The van der Waals surface area contributed by atoms with Crippen LogP contribution in [0, 0.1) is 5.92 Å². The molecule has 2 aliphatic rings. The van der Waals surface area contributed by atoms with Crippen LogP contribution in [0.3, 0.4) is 0 Å². The van der Waals surface area contributed by atoms with E-state index in [-0.39, 0.29) is 24.1 Å². The van der Waals surface area contributed by atoms with Gasteiger partial charge >= 0.3 is 0 Å². The highest BCUT2D eigenvalue weighted by Crippen LogP contribution is 2.32. The summed E-state index contributed by atoms with van der Waals surface area (Å²) in [7, 11) is 0. The number of halogens is 1. The molecule has 4 rings (SSSR count). The van der Waals surface area contributed by atoms with Gasteiger partial charge in [-0.25, -0.2) is 0 Å². The van der Waals surface area contributed by atoms with Crippen LogP contribution in [0.2, 0.25) is 0 Å². The predicted octanol–water partition coefficient (Wildman–Crippen LogP) is 3.89. The third kappa shape index (κ3) is 4.19. The van der Waals surface area contributed by atoms with Crippen LogP contribution in [0.15, 0.2) is 40.9 Å². The molecule has 1 heterocycles. The van der Waals surface area contributed by atoms with Gasteiger partial charge in [-0.15, -0.1) is 0 Å². The van der Waals surface area contributed by atoms with Crippen molar-refractivity contribution < 1.29 is 14.4 Å². The molecule has 1 aliphatic heterocycles. The molecule has 29 heavy (non-hydrogen) atoms. The van der Waals surface area contributed by atoms with Crippen LogP contribution >= 0.6 is 15.9 Å². The molecule has 1 fully saturated rings. The third-order valence-electron chi connectivity index (χ3n) is 5.44. The summed E-state index contributed by atoms with van der Waals surface area (Å²) in [6, 6.07) is 11.4. The minimum absolute atomic E-state index is 0.0422. The number of anilines is 3. The quantitative estimate of drug-likeness (QED) is 0.733. The zero-order valence-corrected chi connectivity index (χ0v) is 17.7. The zero-order valence-electron chi connectivity index (χ0n) is 16.1. The minimum Gasteiger partial charge on any atom is -0.325 e. The Labute approximate surface area is 177 Å². The van der Waals surface area contributed by atoms with Gasteiger partial charge in [0.25, 0.3) is 0 Å². The van der Waals surface area contributed by atoms with Crippen LogP contribution in [0.25, 0.3) is 0 Å². The lowest BCUT2D eigenvalue weighted by atomic mass is 10.1. The minimum atomic E-state index is -0.445. The average Bonchev–Trinajstić information content (AvgIpc) is 3.29. The largest absolute Gasteiger partial charge is 0.325 e. The van der Waals surface area contributed by atoms with Gasteiger partial charge in [-0.3, -0.25) is 14.4 Å². The highest BCUT2D eigenvalue weighted by atomic mass is 79.9. The van der Waals surface area contributed by atoms with Gasteiger partial charge < -0.3 is 15.5 Å². The van der Waals surface area contributed by atoms with E-state index in [9.17, 15) is 14.4 Å². The number of benzene rings is 2. The fourth-order valence-corrected chi connectivity index (χ4v) is 4.37. The van der Waals surface area contributed by atoms with E-state index in [1.807, 2.05) is 6.07 Å². The first-order valence-electron chi connectivity index (χ1n) is 9.71. The lowest BCUT2D eigenvalue weighted by Gasteiger charge is -2.18. The summed E-state index contributed by atoms with van der Waals surface area (Å²) >= 11 is 3.38. The Morgan fingerprint density at radius 2 is 1.83 bits per heavy atom. The molecule has 0 aromatic heterocycles. The molecule has 3 amide bonds. The molecule has 2 N–H and O–H groups in total. The lowest BCUT2D eigenvalue weighted by Crippen LogP contribution is -2.28.